The standard InChI is InChI=1S/C14H25NO2/c1-17-14(16)8-11-7-13(10-15-9-11)12-5-3-2-4-6-12/h11-13,15H,2-10H2,1H3/t11-,13?/m0/s1. The molecule has 1 heterocycles. The fraction of sp³-hybridized carbons (Fsp3) is 0.929. The summed E-state index contributed by atoms with van der Waals surface area (Å²) in [6, 6.07) is 0. The van der Waals surface area contributed by atoms with Crippen molar-refractivity contribution in [3.8, 4) is 0 Å². The number of carbonyl (C=O) groups is 1. The molecular weight excluding hydrogens is 214 g/mol. The lowest BCUT2D eigenvalue weighted by Gasteiger charge is -2.36. The molecule has 0 aromatic carbocycles. The zero-order chi connectivity index (χ0) is 12.1. The van der Waals surface area contributed by atoms with Gasteiger partial charge in [-0.15, -0.1) is 0 Å². The summed E-state index contributed by atoms with van der Waals surface area (Å²) < 4.78 is 4.77. The summed E-state index contributed by atoms with van der Waals surface area (Å²) in [6.45, 7) is 2.14. The second-order valence-corrected chi connectivity index (χ2v) is 5.70. The molecule has 0 aromatic rings. The molecule has 1 saturated carbocycles. The quantitative estimate of drug-likeness (QED) is 0.768. The predicted octanol–water partition coefficient (Wildman–Crippen LogP) is 2.36. The van der Waals surface area contributed by atoms with Gasteiger partial charge in [-0.3, -0.25) is 4.79 Å². The molecule has 98 valence electrons. The summed E-state index contributed by atoms with van der Waals surface area (Å²) >= 11 is 0. The maximum atomic E-state index is 11.3. The van der Waals surface area contributed by atoms with Crippen LogP contribution in [0.25, 0.3) is 0 Å². The Morgan fingerprint density at radius 2 is 1.94 bits per heavy atom. The lowest BCUT2D eigenvalue weighted by atomic mass is 9.74. The van der Waals surface area contributed by atoms with Crippen LogP contribution >= 0.6 is 0 Å². The lowest BCUT2D eigenvalue weighted by Crippen LogP contribution is -2.40. The molecule has 1 aliphatic heterocycles. The van der Waals surface area contributed by atoms with Crippen LogP contribution in [0.5, 0.6) is 0 Å². The smallest absolute Gasteiger partial charge is 0.305 e. The van der Waals surface area contributed by atoms with Crippen LogP contribution < -0.4 is 5.32 Å². The van der Waals surface area contributed by atoms with Gasteiger partial charge in [0.2, 0.25) is 0 Å². The van der Waals surface area contributed by atoms with E-state index in [0.29, 0.717) is 12.3 Å². The first kappa shape index (κ1) is 12.9. The zero-order valence-electron chi connectivity index (χ0n) is 10.9. The number of esters is 1. The summed E-state index contributed by atoms with van der Waals surface area (Å²) in [5, 5.41) is 3.50. The van der Waals surface area contributed by atoms with Crippen LogP contribution in [0, 0.1) is 17.8 Å². The number of hydrogen-bond donors (Lipinski definition) is 1. The van der Waals surface area contributed by atoms with Gasteiger partial charge in [0.1, 0.15) is 0 Å². The van der Waals surface area contributed by atoms with Crippen LogP contribution in [0.4, 0.5) is 0 Å². The molecule has 1 saturated heterocycles. The second-order valence-electron chi connectivity index (χ2n) is 5.70. The third kappa shape index (κ3) is 3.70. The summed E-state index contributed by atoms with van der Waals surface area (Å²) in [6.07, 6.45) is 8.84. The fourth-order valence-corrected chi connectivity index (χ4v) is 3.51. The van der Waals surface area contributed by atoms with Crippen molar-refractivity contribution >= 4 is 5.97 Å². The van der Waals surface area contributed by atoms with Gasteiger partial charge in [0, 0.05) is 6.42 Å². The minimum atomic E-state index is -0.0545. The molecule has 3 heteroatoms. The zero-order valence-corrected chi connectivity index (χ0v) is 10.9. The highest BCUT2D eigenvalue weighted by molar-refractivity contribution is 5.69. The molecule has 2 rings (SSSR count). The van der Waals surface area contributed by atoms with Crippen molar-refractivity contribution in [1.29, 1.82) is 0 Å². The monoisotopic (exact) mass is 239 g/mol. The Bertz CT molecular complexity index is 249. The van der Waals surface area contributed by atoms with E-state index >= 15 is 0 Å². The van der Waals surface area contributed by atoms with E-state index in [9.17, 15) is 4.79 Å². The van der Waals surface area contributed by atoms with E-state index in [0.717, 1.165) is 24.9 Å². The average molecular weight is 239 g/mol. The van der Waals surface area contributed by atoms with Crippen molar-refractivity contribution in [3.05, 3.63) is 0 Å². The number of nitrogens with one attached hydrogen (secondary N) is 1. The van der Waals surface area contributed by atoms with E-state index < -0.39 is 0 Å². The maximum absolute atomic E-state index is 11.3. The van der Waals surface area contributed by atoms with Gasteiger partial charge in [0.25, 0.3) is 0 Å². The number of piperidine rings is 1. The van der Waals surface area contributed by atoms with Gasteiger partial charge in [-0.05, 0) is 37.3 Å². The van der Waals surface area contributed by atoms with Gasteiger partial charge in [-0.25, -0.2) is 0 Å². The minimum absolute atomic E-state index is 0.0545. The van der Waals surface area contributed by atoms with Crippen LogP contribution in [0.3, 0.4) is 0 Å². The molecule has 0 aromatic heterocycles. The summed E-state index contributed by atoms with van der Waals surface area (Å²) in [5.41, 5.74) is 0. The summed E-state index contributed by atoms with van der Waals surface area (Å²) in [4.78, 5) is 11.3. The number of carbonyl (C=O) groups excluding carboxylic acids is 1. The Kier molecular flexibility index (Phi) is 4.84. The number of rotatable bonds is 3. The summed E-state index contributed by atoms with van der Waals surface area (Å²) in [5.74, 6) is 2.12. The average Bonchev–Trinajstić information content (AvgIpc) is 2.40. The molecule has 1 N–H and O–H groups in total. The third-order valence-corrected chi connectivity index (χ3v) is 4.48. The SMILES string of the molecule is COC(=O)C[C@H]1CNCC(C2CCCCC2)C1. The molecule has 0 radical (unpaired) electrons. The van der Waals surface area contributed by atoms with Crippen molar-refractivity contribution in [2.75, 3.05) is 20.2 Å². The van der Waals surface area contributed by atoms with Gasteiger partial charge in [0.05, 0.1) is 7.11 Å². The number of hydrogen-bond acceptors (Lipinski definition) is 3. The van der Waals surface area contributed by atoms with Gasteiger partial charge in [-0.2, -0.15) is 0 Å². The highest BCUT2D eigenvalue weighted by atomic mass is 16.5. The van der Waals surface area contributed by atoms with Crippen LogP contribution in [-0.4, -0.2) is 26.2 Å². The van der Waals surface area contributed by atoms with Gasteiger partial charge in [-0.1, -0.05) is 32.1 Å². The first-order valence-corrected chi connectivity index (χ1v) is 7.07. The minimum Gasteiger partial charge on any atom is -0.469 e. The van der Waals surface area contributed by atoms with Crippen LogP contribution in [0.15, 0.2) is 0 Å². The number of methoxy groups -OCH3 is 1. The van der Waals surface area contributed by atoms with E-state index in [1.807, 2.05) is 0 Å². The van der Waals surface area contributed by atoms with Gasteiger partial charge in [0.15, 0.2) is 0 Å². The molecule has 2 fully saturated rings. The first-order chi connectivity index (χ1) is 8.29. The second kappa shape index (κ2) is 6.39. The van der Waals surface area contributed by atoms with Crippen LogP contribution in [-0.2, 0) is 9.53 Å². The Morgan fingerprint density at radius 3 is 2.65 bits per heavy atom. The fourth-order valence-electron chi connectivity index (χ4n) is 3.51. The topological polar surface area (TPSA) is 38.3 Å². The Labute approximate surface area is 104 Å². The van der Waals surface area contributed by atoms with Crippen molar-refractivity contribution in [3.63, 3.8) is 0 Å². The maximum Gasteiger partial charge on any atom is 0.305 e. The van der Waals surface area contributed by atoms with Crippen molar-refractivity contribution < 1.29 is 9.53 Å². The molecule has 3 nitrogen and oxygen atoms in total. The first-order valence-electron chi connectivity index (χ1n) is 7.07. The van der Waals surface area contributed by atoms with E-state index in [1.54, 1.807) is 0 Å². The van der Waals surface area contributed by atoms with Crippen molar-refractivity contribution in [2.24, 2.45) is 17.8 Å². The van der Waals surface area contributed by atoms with E-state index in [1.165, 1.54) is 45.6 Å². The molecule has 1 aliphatic carbocycles. The van der Waals surface area contributed by atoms with Gasteiger partial charge >= 0.3 is 5.97 Å². The summed E-state index contributed by atoms with van der Waals surface area (Å²) in [7, 11) is 1.48. The van der Waals surface area contributed by atoms with E-state index in [-0.39, 0.29) is 5.97 Å². The molecule has 1 unspecified atom stereocenters. The highest BCUT2D eigenvalue weighted by Gasteiger charge is 2.30. The van der Waals surface area contributed by atoms with E-state index in [2.05, 4.69) is 5.32 Å². The molecule has 0 amide bonds. The molecule has 0 bridgehead atoms. The van der Waals surface area contributed by atoms with Crippen LogP contribution in [0.1, 0.15) is 44.9 Å². The molecule has 2 atom stereocenters. The lowest BCUT2D eigenvalue weighted by molar-refractivity contribution is -0.142. The Hall–Kier alpha value is -0.570. The largest absolute Gasteiger partial charge is 0.469 e. The highest BCUT2D eigenvalue weighted by Crippen LogP contribution is 2.35. The molecular formula is C14H25NO2. The predicted molar refractivity (Wildman–Crippen MR) is 67.7 cm³/mol. The molecule has 2 aliphatic rings. The third-order valence-electron chi connectivity index (χ3n) is 4.48. The van der Waals surface area contributed by atoms with Gasteiger partial charge < -0.3 is 10.1 Å². The normalized spacial score (nSPS) is 31.1. The Balaban J connectivity index is 1.81. The molecule has 17 heavy (non-hydrogen) atoms. The van der Waals surface area contributed by atoms with Crippen molar-refractivity contribution in [2.45, 2.75) is 44.9 Å². The van der Waals surface area contributed by atoms with Crippen molar-refractivity contribution in [1.82, 2.24) is 5.32 Å². The van der Waals surface area contributed by atoms with Crippen LogP contribution in [0.2, 0.25) is 0 Å². The molecule has 0 spiro atoms. The number of ether oxygens (including phenoxy) is 1. The van der Waals surface area contributed by atoms with E-state index in [4.69, 9.17) is 4.74 Å². The Morgan fingerprint density at radius 1 is 1.18 bits per heavy atom.